The van der Waals surface area contributed by atoms with Gasteiger partial charge >= 0.3 is 29.8 Å². The summed E-state index contributed by atoms with van der Waals surface area (Å²) < 4.78 is 0. The molecule has 6 atom stereocenters. The molecule has 0 fully saturated rings. The van der Waals surface area contributed by atoms with Crippen LogP contribution in [0.15, 0.2) is 326 Å². The molecule has 572 valence electrons. The molecule has 11 heteroatoms. The number of fused-ring (bicyclic) bond motifs is 5. The van der Waals surface area contributed by atoms with Gasteiger partial charge in [0.05, 0.1) is 59.2 Å². The van der Waals surface area contributed by atoms with E-state index in [1.807, 2.05) is 121 Å². The first kappa shape index (κ1) is 68.5. The van der Waals surface area contributed by atoms with Crippen molar-refractivity contribution in [1.29, 1.82) is 0 Å². The van der Waals surface area contributed by atoms with Gasteiger partial charge in [-0.05, 0) is 245 Å². The molecule has 0 aliphatic heterocycles. The molecule has 0 amide bonds. The Labute approximate surface area is 698 Å². The first-order chi connectivity index (χ1) is 58.9. The molecule has 26 rings (SSSR count). The summed E-state index contributed by atoms with van der Waals surface area (Å²) in [5, 5.41) is 49.8. The fourth-order valence-electron chi connectivity index (χ4n) is 25.6. The normalized spacial score (nSPS) is 21.4. The monoisotopic (exact) mass is 1580 g/mol. The number of carboxylic acid groups (broad SMARTS) is 5. The lowest BCUT2D eigenvalue weighted by molar-refractivity contribution is -0.137. The van der Waals surface area contributed by atoms with Crippen LogP contribution in [0.3, 0.4) is 0 Å². The van der Waals surface area contributed by atoms with Gasteiger partial charge in [-0.1, -0.05) is 303 Å². The summed E-state index contributed by atoms with van der Waals surface area (Å²) in [4.78, 5) is 59.1. The first-order valence-electron chi connectivity index (χ1n) is 41.1. The fourth-order valence-corrected chi connectivity index (χ4v) is 26.4. The number of carboxylic acids is 5. The molecule has 11 aliphatic rings. The Bertz CT molecular complexity index is 7110. The summed E-state index contributed by atoms with van der Waals surface area (Å²) in [6, 6.07) is 110. The molecular formula is C110H65ClO10. The van der Waals surface area contributed by atoms with Gasteiger partial charge in [0.2, 0.25) is 0 Å². The molecule has 0 saturated heterocycles. The third kappa shape index (κ3) is 7.92. The van der Waals surface area contributed by atoms with Crippen LogP contribution in [0.4, 0.5) is 0 Å². The number of alkyl halides is 1. The SMILES string of the molecule is O=C(O)Cc1ccc(-c2ccc([C@@]34C5=C6C7(Cl)C8=C5[C@@]5(c9ccc(-c%10ccc(CC(=O)O)cc%10)cc9)c9c%10ccc(c93)-c3ccc9c(c34)[C@]6(c3ccc(-c4ccc(CC(=O)O)cc4)cc3)c3c-9ccc4c3[C@]7(c3ccc(-c6ccc(CC(=O)O)cc6)cc3)c3c-4ccc4c3[C@]8(c3ccc(-c6ccc(CC(=O)O)cc6)cc3)c3c-4ccc-%10c35)cc2)cc1. The predicted octanol–water partition coefficient (Wildman–Crippen LogP) is 21.7. The molecule has 11 aliphatic carbocycles. The molecule has 0 aromatic heterocycles. The molecule has 1 unspecified atom stereocenters. The minimum Gasteiger partial charge on any atom is -0.481 e. The van der Waals surface area contributed by atoms with Crippen LogP contribution < -0.4 is 0 Å². The predicted molar refractivity (Wildman–Crippen MR) is 465 cm³/mol. The summed E-state index contributed by atoms with van der Waals surface area (Å²) in [5.74, 6) is -4.48. The lowest BCUT2D eigenvalue weighted by atomic mass is 9.40. The number of benzene rings is 15. The van der Waals surface area contributed by atoms with E-state index in [1.165, 1.54) is 66.8 Å². The first-order valence-corrected chi connectivity index (χ1v) is 41.5. The molecule has 10 nitrogen and oxygen atoms in total. The minimum absolute atomic E-state index is 0.0953. The Kier molecular flexibility index (Phi) is 13.0. The van der Waals surface area contributed by atoms with E-state index in [9.17, 15) is 61.1 Å². The van der Waals surface area contributed by atoms with E-state index in [4.69, 9.17) is 0 Å². The molecule has 0 saturated carbocycles. The third-order valence-electron chi connectivity index (χ3n) is 29.5. The Morgan fingerprint density at radius 2 is 0.355 bits per heavy atom. The number of halogens is 1. The van der Waals surface area contributed by atoms with Crippen LogP contribution in [0.5, 0.6) is 0 Å². The summed E-state index contributed by atoms with van der Waals surface area (Å²) in [7, 11) is 0. The van der Waals surface area contributed by atoms with Gasteiger partial charge in [-0.25, -0.2) is 0 Å². The van der Waals surface area contributed by atoms with E-state index in [2.05, 4.69) is 182 Å². The molecule has 0 spiro atoms. The van der Waals surface area contributed by atoms with Gasteiger partial charge in [-0.3, -0.25) is 24.0 Å². The third-order valence-corrected chi connectivity index (χ3v) is 30.1. The number of hydrogen-bond acceptors (Lipinski definition) is 5. The van der Waals surface area contributed by atoms with Crippen LogP contribution in [0, 0.1) is 0 Å². The molecule has 15 aromatic carbocycles. The quantitative estimate of drug-likeness (QED) is 0.0460. The molecule has 0 radical (unpaired) electrons. The summed E-state index contributed by atoms with van der Waals surface area (Å²) in [6.07, 6.45) is -0.484. The molecular weight excluding hydrogens is 1520 g/mol. The van der Waals surface area contributed by atoms with Crippen molar-refractivity contribution in [3.05, 3.63) is 437 Å². The van der Waals surface area contributed by atoms with Crippen molar-refractivity contribution in [2.45, 2.75) is 64.1 Å². The summed E-state index contributed by atoms with van der Waals surface area (Å²) >= 11 is 10.9. The van der Waals surface area contributed by atoms with Gasteiger partial charge in [-0.2, -0.15) is 0 Å². The van der Waals surface area contributed by atoms with Crippen LogP contribution in [0.2, 0.25) is 0 Å². The van der Waals surface area contributed by atoms with E-state index < -0.39 is 61.8 Å². The van der Waals surface area contributed by atoms with Crippen molar-refractivity contribution < 1.29 is 49.5 Å². The van der Waals surface area contributed by atoms with Crippen LogP contribution in [-0.2, 0) is 83.2 Å². The zero-order valence-electron chi connectivity index (χ0n) is 64.6. The minimum atomic E-state index is -1.57. The lowest BCUT2D eigenvalue weighted by Crippen LogP contribution is -2.65. The second kappa shape index (κ2) is 23.0. The Balaban J connectivity index is 0.857. The Hall–Kier alpha value is -14.6. The molecule has 15 aromatic rings. The van der Waals surface area contributed by atoms with Gasteiger partial charge in [0.1, 0.15) is 4.87 Å². The average molecular weight is 1580 g/mol. The maximum atomic E-state index is 12.1. The highest BCUT2D eigenvalue weighted by Gasteiger charge is 2.87. The number of rotatable bonds is 20. The van der Waals surface area contributed by atoms with E-state index in [0.717, 1.165) is 150 Å². The maximum absolute atomic E-state index is 12.1. The Morgan fingerprint density at radius 3 is 0.554 bits per heavy atom. The molecule has 0 bridgehead atoms. The lowest BCUT2D eigenvalue weighted by Gasteiger charge is -2.64. The second-order valence-corrected chi connectivity index (χ2v) is 35.3. The van der Waals surface area contributed by atoms with Crippen molar-refractivity contribution in [2.24, 2.45) is 0 Å². The number of carbonyl (C=O) groups is 5. The van der Waals surface area contributed by atoms with Crippen LogP contribution in [-0.4, -0.2) is 60.3 Å². The number of allylic oxidation sites excluding steroid dienone is 4. The van der Waals surface area contributed by atoms with E-state index in [-0.39, 0.29) is 32.1 Å². The molecule has 5 N–H and O–H groups in total. The topological polar surface area (TPSA) is 186 Å². The van der Waals surface area contributed by atoms with Gasteiger partial charge in [0.15, 0.2) is 0 Å². The van der Waals surface area contributed by atoms with Crippen LogP contribution in [0.25, 0.3) is 111 Å². The van der Waals surface area contributed by atoms with Gasteiger partial charge in [0, 0.05) is 0 Å². The number of aliphatic carboxylic acids is 5. The largest absolute Gasteiger partial charge is 0.481 e. The highest BCUT2D eigenvalue weighted by molar-refractivity contribution is 6.35. The zero-order chi connectivity index (χ0) is 81.2. The van der Waals surface area contributed by atoms with Crippen molar-refractivity contribution in [3.8, 4) is 111 Å². The fraction of sp³-hybridized carbons (Fsp3) is 0.100. The Morgan fingerprint density at radius 1 is 0.198 bits per heavy atom. The second-order valence-electron chi connectivity index (χ2n) is 34.7. The van der Waals surface area contributed by atoms with Gasteiger partial charge in [-0.15, -0.1) is 11.6 Å². The van der Waals surface area contributed by atoms with Crippen LogP contribution >= 0.6 is 11.6 Å². The zero-order valence-corrected chi connectivity index (χ0v) is 65.3. The average Bonchev–Trinajstić information content (AvgIpc) is 1.39. The maximum Gasteiger partial charge on any atom is 0.307 e. The molecule has 0 heterocycles. The molecule has 121 heavy (non-hydrogen) atoms. The van der Waals surface area contributed by atoms with Crippen molar-refractivity contribution in [3.63, 3.8) is 0 Å². The van der Waals surface area contributed by atoms with Crippen LogP contribution in [0.1, 0.15) is 111 Å². The smallest absolute Gasteiger partial charge is 0.307 e. The van der Waals surface area contributed by atoms with E-state index in [0.29, 0.717) is 27.8 Å². The highest BCUT2D eigenvalue weighted by Crippen LogP contribution is 2.92. The van der Waals surface area contributed by atoms with Crippen molar-refractivity contribution in [1.82, 2.24) is 0 Å². The van der Waals surface area contributed by atoms with Gasteiger partial charge in [0.25, 0.3) is 0 Å². The summed E-state index contributed by atoms with van der Waals surface area (Å²) in [5.41, 5.74) is 40.8. The summed E-state index contributed by atoms with van der Waals surface area (Å²) in [6.45, 7) is 0. The number of hydrogen-bond donors (Lipinski definition) is 5. The van der Waals surface area contributed by atoms with Gasteiger partial charge < -0.3 is 25.5 Å². The van der Waals surface area contributed by atoms with Crippen molar-refractivity contribution >= 4 is 41.4 Å². The standard InChI is InChI=1S/C110H65ClO10/c111-110-103-101-102-104(110)108(74-37-27-69(28-38-74)64-17-7-59(8-18-64)54-89(118)119)96-81-46-44-79-77-42-41-76-78-43-45-80-82-47-49-84-85-50-48-83(81)98(108)100(85)109(110,75-39-29-70(30-40-75)65-19-9-60(10-20-65)55-90(120)121)99(84)97(82)107(103,73-35-25-68(26-36-73)63-15-5-58(6-16-63)53-88(116)117)95(80)93(78)105(101,71-31-21-66(22-32-71)61-11-1-56(2-12-61)51-86(112)113)91(76)92(77)106(102,94(79)96)72-33-23-67(24-34-72)62-13-3-57(4-14-62)52-87(114)115/h1-50H,51-55H2,(H,112,113)(H,114,115)(H,116,117)(H,118,119)(H,120,121)/t105-,106+,107-,108+,109-,110?. The highest BCUT2D eigenvalue weighted by atomic mass is 35.5. The van der Waals surface area contributed by atoms with Crippen molar-refractivity contribution in [2.75, 3.05) is 0 Å². The van der Waals surface area contributed by atoms with E-state index in [1.54, 1.807) is 0 Å². The van der Waals surface area contributed by atoms with E-state index >= 15 is 0 Å².